The summed E-state index contributed by atoms with van der Waals surface area (Å²) in [6.45, 7) is 0.433. The number of H-pyrrole nitrogens is 2. The van der Waals surface area contributed by atoms with Gasteiger partial charge in [0.25, 0.3) is 17.0 Å². The number of benzene rings is 1. The standard InChI is InChI=1S/C18H17N5O4/c1-22-16(25)11(9-19-18(22)27)17(26)23-8-4-7-13(23)14-20-12-6-3-2-5-10(12)15(24)21-14/h2-3,5-6,9,13H,4,7-8H2,1H3,(H,19,27)(H,20,21,24). The molecule has 4 rings (SSSR count). The Labute approximate surface area is 152 Å². The molecule has 9 nitrogen and oxygen atoms in total. The van der Waals surface area contributed by atoms with Crippen LogP contribution in [0.5, 0.6) is 0 Å². The van der Waals surface area contributed by atoms with Gasteiger partial charge < -0.3 is 14.9 Å². The highest BCUT2D eigenvalue weighted by Gasteiger charge is 2.34. The van der Waals surface area contributed by atoms with E-state index in [0.29, 0.717) is 29.7 Å². The maximum Gasteiger partial charge on any atom is 0.328 e. The van der Waals surface area contributed by atoms with Crippen molar-refractivity contribution in [3.05, 3.63) is 73.0 Å². The number of likely N-dealkylation sites (tertiary alicyclic amines) is 1. The average molecular weight is 367 g/mol. The first kappa shape index (κ1) is 17.0. The lowest BCUT2D eigenvalue weighted by molar-refractivity contribution is 0.0726. The SMILES string of the molecule is Cn1c(=O)[nH]cc(C(=O)N2CCCC2c2nc3ccccc3c(=O)[nH]2)c1=O. The van der Waals surface area contributed by atoms with Crippen LogP contribution in [0.25, 0.3) is 10.9 Å². The van der Waals surface area contributed by atoms with Gasteiger partial charge in [-0.1, -0.05) is 12.1 Å². The highest BCUT2D eigenvalue weighted by atomic mass is 16.2. The van der Waals surface area contributed by atoms with Gasteiger partial charge in [0.1, 0.15) is 11.4 Å². The number of nitrogens with one attached hydrogen (secondary N) is 2. The molecule has 9 heteroatoms. The minimum atomic E-state index is -0.658. The second-order valence-corrected chi connectivity index (χ2v) is 6.50. The summed E-state index contributed by atoms with van der Waals surface area (Å²) in [6.07, 6.45) is 2.48. The van der Waals surface area contributed by atoms with Crippen molar-refractivity contribution in [2.45, 2.75) is 18.9 Å². The van der Waals surface area contributed by atoms with Crippen LogP contribution < -0.4 is 16.8 Å². The van der Waals surface area contributed by atoms with Crippen molar-refractivity contribution in [2.75, 3.05) is 6.54 Å². The molecule has 1 unspecified atom stereocenters. The van der Waals surface area contributed by atoms with E-state index in [-0.39, 0.29) is 11.1 Å². The van der Waals surface area contributed by atoms with Crippen LogP contribution in [-0.2, 0) is 7.05 Å². The van der Waals surface area contributed by atoms with E-state index in [9.17, 15) is 19.2 Å². The summed E-state index contributed by atoms with van der Waals surface area (Å²) in [7, 11) is 1.31. The fourth-order valence-corrected chi connectivity index (χ4v) is 3.43. The third-order valence-corrected chi connectivity index (χ3v) is 4.87. The zero-order valence-corrected chi connectivity index (χ0v) is 14.6. The van der Waals surface area contributed by atoms with Crippen molar-refractivity contribution in [3.8, 4) is 0 Å². The molecule has 1 atom stereocenters. The third kappa shape index (κ3) is 2.77. The summed E-state index contributed by atoms with van der Waals surface area (Å²) < 4.78 is 0.856. The van der Waals surface area contributed by atoms with Crippen LogP contribution in [0.15, 0.2) is 44.8 Å². The molecule has 0 aliphatic carbocycles. The molecule has 27 heavy (non-hydrogen) atoms. The van der Waals surface area contributed by atoms with Crippen LogP contribution in [0, 0.1) is 0 Å². The lowest BCUT2D eigenvalue weighted by atomic mass is 10.1. The Bertz CT molecular complexity index is 1220. The molecule has 138 valence electrons. The summed E-state index contributed by atoms with van der Waals surface area (Å²) in [5.74, 6) is -0.101. The number of hydrogen-bond acceptors (Lipinski definition) is 5. The van der Waals surface area contributed by atoms with Crippen LogP contribution in [0.3, 0.4) is 0 Å². The minimum absolute atomic E-state index is 0.118. The fourth-order valence-electron chi connectivity index (χ4n) is 3.43. The number of rotatable bonds is 2. The zero-order valence-electron chi connectivity index (χ0n) is 14.6. The van der Waals surface area contributed by atoms with Crippen molar-refractivity contribution in [3.63, 3.8) is 0 Å². The van der Waals surface area contributed by atoms with Gasteiger partial charge in [-0.2, -0.15) is 0 Å². The number of nitrogens with zero attached hydrogens (tertiary/aromatic N) is 3. The van der Waals surface area contributed by atoms with Gasteiger partial charge in [-0.25, -0.2) is 9.78 Å². The number of aromatic amines is 2. The number of amides is 1. The van der Waals surface area contributed by atoms with Gasteiger partial charge in [-0.3, -0.25) is 19.0 Å². The fraction of sp³-hybridized carbons (Fsp3) is 0.278. The molecular weight excluding hydrogens is 350 g/mol. The van der Waals surface area contributed by atoms with E-state index in [1.165, 1.54) is 11.9 Å². The van der Waals surface area contributed by atoms with Crippen molar-refractivity contribution in [1.29, 1.82) is 0 Å². The molecule has 0 spiro atoms. The van der Waals surface area contributed by atoms with E-state index in [2.05, 4.69) is 15.0 Å². The first-order valence-electron chi connectivity index (χ1n) is 8.56. The molecule has 1 aromatic carbocycles. The monoisotopic (exact) mass is 367 g/mol. The summed E-state index contributed by atoms with van der Waals surface area (Å²) >= 11 is 0. The van der Waals surface area contributed by atoms with Crippen LogP contribution in [-0.4, -0.2) is 36.9 Å². The van der Waals surface area contributed by atoms with Crippen molar-refractivity contribution in [1.82, 2.24) is 24.4 Å². The van der Waals surface area contributed by atoms with Crippen LogP contribution >= 0.6 is 0 Å². The topological polar surface area (TPSA) is 121 Å². The van der Waals surface area contributed by atoms with Gasteiger partial charge in [0.2, 0.25) is 0 Å². The second-order valence-electron chi connectivity index (χ2n) is 6.50. The van der Waals surface area contributed by atoms with E-state index in [1.54, 1.807) is 24.3 Å². The van der Waals surface area contributed by atoms with Gasteiger partial charge in [0.15, 0.2) is 0 Å². The molecule has 1 aliphatic heterocycles. The molecule has 1 amide bonds. The Balaban J connectivity index is 1.76. The van der Waals surface area contributed by atoms with Crippen molar-refractivity contribution >= 4 is 16.8 Å². The number of hydrogen-bond donors (Lipinski definition) is 2. The van der Waals surface area contributed by atoms with E-state index in [0.717, 1.165) is 17.2 Å². The van der Waals surface area contributed by atoms with Crippen molar-refractivity contribution < 1.29 is 4.79 Å². The van der Waals surface area contributed by atoms with E-state index >= 15 is 0 Å². The highest BCUT2D eigenvalue weighted by Crippen LogP contribution is 2.30. The Morgan fingerprint density at radius 1 is 1.22 bits per heavy atom. The maximum atomic E-state index is 12.9. The number of carbonyl (C=O) groups is 1. The average Bonchev–Trinajstić information content (AvgIpc) is 3.16. The quantitative estimate of drug-likeness (QED) is 0.674. The van der Waals surface area contributed by atoms with Gasteiger partial charge in [-0.05, 0) is 25.0 Å². The predicted molar refractivity (Wildman–Crippen MR) is 97.7 cm³/mol. The molecule has 0 saturated carbocycles. The van der Waals surface area contributed by atoms with Crippen molar-refractivity contribution in [2.24, 2.45) is 7.05 Å². The second kappa shape index (κ2) is 6.35. The molecular formula is C18H17N5O4. The molecule has 1 saturated heterocycles. The highest BCUT2D eigenvalue weighted by molar-refractivity contribution is 5.94. The Kier molecular flexibility index (Phi) is 3.98. The Morgan fingerprint density at radius 2 is 2.00 bits per heavy atom. The van der Waals surface area contributed by atoms with Crippen LogP contribution in [0.2, 0.25) is 0 Å². The molecule has 1 fully saturated rings. The molecule has 3 heterocycles. The van der Waals surface area contributed by atoms with E-state index in [1.807, 2.05) is 0 Å². The van der Waals surface area contributed by atoms with E-state index in [4.69, 9.17) is 0 Å². The summed E-state index contributed by atoms with van der Waals surface area (Å²) in [5.41, 5.74) is -1.08. The zero-order chi connectivity index (χ0) is 19.1. The molecule has 2 aromatic heterocycles. The summed E-state index contributed by atoms with van der Waals surface area (Å²) in [6, 6.07) is 6.54. The number of fused-ring (bicyclic) bond motifs is 1. The molecule has 1 aliphatic rings. The summed E-state index contributed by atoms with van der Waals surface area (Å²) in [5, 5.41) is 0.478. The maximum absolute atomic E-state index is 12.9. The number of aromatic nitrogens is 4. The summed E-state index contributed by atoms with van der Waals surface area (Å²) in [4.78, 5) is 60.3. The molecule has 0 radical (unpaired) electrons. The van der Waals surface area contributed by atoms with Gasteiger partial charge >= 0.3 is 5.69 Å². The predicted octanol–water partition coefficient (Wildman–Crippen LogP) is 0.287. The molecule has 0 bridgehead atoms. The van der Waals surface area contributed by atoms with Gasteiger partial charge in [0.05, 0.1) is 16.9 Å². The first-order valence-corrected chi connectivity index (χ1v) is 8.56. The van der Waals surface area contributed by atoms with Gasteiger partial charge in [-0.15, -0.1) is 0 Å². The Morgan fingerprint density at radius 3 is 2.81 bits per heavy atom. The smallest absolute Gasteiger partial charge is 0.328 e. The number of para-hydroxylation sites is 1. The molecule has 3 aromatic rings. The molecule has 2 N–H and O–H groups in total. The minimum Gasteiger partial charge on any atom is -0.328 e. The van der Waals surface area contributed by atoms with Crippen LogP contribution in [0.1, 0.15) is 35.1 Å². The van der Waals surface area contributed by atoms with E-state index < -0.39 is 23.2 Å². The number of carbonyl (C=O) groups excluding carboxylic acids is 1. The largest absolute Gasteiger partial charge is 0.328 e. The van der Waals surface area contributed by atoms with Crippen LogP contribution in [0.4, 0.5) is 0 Å². The lowest BCUT2D eigenvalue weighted by Gasteiger charge is -2.24. The normalized spacial score (nSPS) is 16.8. The third-order valence-electron chi connectivity index (χ3n) is 4.87. The first-order chi connectivity index (χ1) is 13.0. The lowest BCUT2D eigenvalue weighted by Crippen LogP contribution is -2.41. The van der Waals surface area contributed by atoms with Gasteiger partial charge in [0, 0.05) is 19.8 Å². The Hall–Kier alpha value is -3.49.